The zero-order chi connectivity index (χ0) is 11.5. The van der Waals surface area contributed by atoms with E-state index in [-0.39, 0.29) is 12.5 Å². The van der Waals surface area contributed by atoms with E-state index in [9.17, 15) is 9.59 Å². The summed E-state index contributed by atoms with van der Waals surface area (Å²) in [5.41, 5.74) is 1.50. The number of aldehydes is 1. The number of amides is 1. The summed E-state index contributed by atoms with van der Waals surface area (Å²) < 4.78 is 5.23. The molecule has 5 nitrogen and oxygen atoms in total. The van der Waals surface area contributed by atoms with Crippen molar-refractivity contribution in [3.63, 3.8) is 0 Å². The monoisotopic (exact) mass is 220 g/mol. The molecule has 1 aliphatic rings. The van der Waals surface area contributed by atoms with Crippen LogP contribution in [-0.2, 0) is 9.59 Å². The van der Waals surface area contributed by atoms with E-state index < -0.39 is 0 Å². The molecule has 1 aromatic carbocycles. The number of nitrogens with one attached hydrogen (secondary N) is 1. The van der Waals surface area contributed by atoms with Crippen LogP contribution in [0.2, 0.25) is 0 Å². The number of anilines is 2. The van der Waals surface area contributed by atoms with E-state index in [0.717, 1.165) is 12.0 Å². The molecule has 0 bridgehead atoms. The van der Waals surface area contributed by atoms with Crippen LogP contribution in [0.25, 0.3) is 0 Å². The molecule has 1 heterocycles. The zero-order valence-electron chi connectivity index (χ0n) is 8.90. The van der Waals surface area contributed by atoms with Gasteiger partial charge in [-0.15, -0.1) is 0 Å². The van der Waals surface area contributed by atoms with Crippen molar-refractivity contribution in [2.45, 2.75) is 0 Å². The molecule has 0 spiro atoms. The molecule has 16 heavy (non-hydrogen) atoms. The van der Waals surface area contributed by atoms with E-state index in [1.807, 2.05) is 13.1 Å². The van der Waals surface area contributed by atoms with Crippen molar-refractivity contribution in [2.75, 3.05) is 30.4 Å². The SMILES string of the molecule is CN(CC=O)c1ccc2c(c1)NC(=O)CO2. The topological polar surface area (TPSA) is 58.6 Å². The largest absolute Gasteiger partial charge is 0.482 e. The lowest BCUT2D eigenvalue weighted by atomic mass is 10.2. The lowest BCUT2D eigenvalue weighted by Crippen LogP contribution is -2.26. The Kier molecular flexibility index (Phi) is 2.76. The van der Waals surface area contributed by atoms with Gasteiger partial charge in [0.1, 0.15) is 12.0 Å². The Balaban J connectivity index is 2.27. The normalized spacial score (nSPS) is 13.4. The fraction of sp³-hybridized carbons (Fsp3) is 0.273. The first-order chi connectivity index (χ1) is 7.70. The maximum absolute atomic E-state index is 11.1. The number of ether oxygens (including phenoxy) is 1. The van der Waals surface area contributed by atoms with Crippen LogP contribution < -0.4 is 15.0 Å². The molecule has 0 fully saturated rings. The summed E-state index contributed by atoms with van der Waals surface area (Å²) in [5.74, 6) is 0.491. The molecule has 0 aliphatic carbocycles. The Morgan fingerprint density at radius 3 is 3.12 bits per heavy atom. The zero-order valence-corrected chi connectivity index (χ0v) is 8.90. The first-order valence-corrected chi connectivity index (χ1v) is 4.92. The second-order valence-corrected chi connectivity index (χ2v) is 3.56. The highest BCUT2D eigenvalue weighted by Gasteiger charge is 2.16. The predicted molar refractivity (Wildman–Crippen MR) is 59.9 cm³/mol. The molecule has 0 saturated carbocycles. The van der Waals surface area contributed by atoms with Crippen LogP contribution in [0.1, 0.15) is 0 Å². The van der Waals surface area contributed by atoms with Gasteiger partial charge in [-0.25, -0.2) is 0 Å². The second kappa shape index (κ2) is 4.22. The third kappa shape index (κ3) is 1.98. The van der Waals surface area contributed by atoms with Crippen molar-refractivity contribution in [2.24, 2.45) is 0 Å². The van der Waals surface area contributed by atoms with Crippen molar-refractivity contribution in [3.8, 4) is 5.75 Å². The van der Waals surface area contributed by atoms with Gasteiger partial charge in [0.2, 0.25) is 0 Å². The van der Waals surface area contributed by atoms with Gasteiger partial charge in [-0.1, -0.05) is 0 Å². The third-order valence-electron chi connectivity index (χ3n) is 2.39. The Labute approximate surface area is 93.0 Å². The molecular weight excluding hydrogens is 208 g/mol. The molecule has 1 aromatic rings. The molecule has 0 unspecified atom stereocenters. The molecule has 1 amide bonds. The fourth-order valence-electron chi connectivity index (χ4n) is 1.53. The van der Waals surface area contributed by atoms with Crippen molar-refractivity contribution < 1.29 is 14.3 Å². The molecule has 1 aliphatic heterocycles. The number of likely N-dealkylation sites (N-methyl/N-ethyl adjacent to an activating group) is 1. The molecule has 0 atom stereocenters. The molecule has 2 rings (SSSR count). The van der Waals surface area contributed by atoms with Gasteiger partial charge in [0.05, 0.1) is 12.2 Å². The molecule has 5 heteroatoms. The van der Waals surface area contributed by atoms with Gasteiger partial charge in [-0.05, 0) is 18.2 Å². The minimum absolute atomic E-state index is 0.0521. The summed E-state index contributed by atoms with van der Waals surface area (Å²) in [6.45, 7) is 0.365. The van der Waals surface area contributed by atoms with E-state index in [1.54, 1.807) is 17.0 Å². The van der Waals surface area contributed by atoms with Gasteiger partial charge in [0.25, 0.3) is 5.91 Å². The molecular formula is C11H12N2O3. The molecule has 0 aromatic heterocycles. The van der Waals surface area contributed by atoms with E-state index in [4.69, 9.17) is 4.74 Å². The van der Waals surface area contributed by atoms with Gasteiger partial charge in [0, 0.05) is 12.7 Å². The highest BCUT2D eigenvalue weighted by molar-refractivity contribution is 5.96. The van der Waals surface area contributed by atoms with Crippen LogP contribution >= 0.6 is 0 Å². The third-order valence-corrected chi connectivity index (χ3v) is 2.39. The van der Waals surface area contributed by atoms with Crippen LogP contribution in [0.4, 0.5) is 11.4 Å². The minimum atomic E-state index is -0.164. The number of benzene rings is 1. The first kappa shape index (κ1) is 10.5. The lowest BCUT2D eigenvalue weighted by Gasteiger charge is -2.21. The van der Waals surface area contributed by atoms with Crippen LogP contribution in [0.3, 0.4) is 0 Å². The minimum Gasteiger partial charge on any atom is -0.482 e. The molecule has 0 saturated heterocycles. The number of hydrogen-bond acceptors (Lipinski definition) is 4. The van der Waals surface area contributed by atoms with E-state index in [0.29, 0.717) is 18.0 Å². The lowest BCUT2D eigenvalue weighted by molar-refractivity contribution is -0.118. The number of hydrogen-bond donors (Lipinski definition) is 1. The highest BCUT2D eigenvalue weighted by Crippen LogP contribution is 2.31. The summed E-state index contributed by atoms with van der Waals surface area (Å²) in [6.07, 6.45) is 0.828. The molecule has 0 radical (unpaired) electrons. The van der Waals surface area contributed by atoms with Crippen molar-refractivity contribution in [3.05, 3.63) is 18.2 Å². The Morgan fingerprint density at radius 1 is 1.56 bits per heavy atom. The van der Waals surface area contributed by atoms with Crippen LogP contribution in [-0.4, -0.2) is 32.4 Å². The number of carbonyl (C=O) groups is 2. The summed E-state index contributed by atoms with van der Waals surface area (Å²) in [6, 6.07) is 5.42. The Morgan fingerprint density at radius 2 is 2.38 bits per heavy atom. The van der Waals surface area contributed by atoms with Gasteiger partial charge in [-0.2, -0.15) is 0 Å². The quantitative estimate of drug-likeness (QED) is 0.760. The van der Waals surface area contributed by atoms with Crippen LogP contribution in [0, 0.1) is 0 Å². The fourth-order valence-corrected chi connectivity index (χ4v) is 1.53. The van der Waals surface area contributed by atoms with Gasteiger partial charge in [-0.3, -0.25) is 4.79 Å². The average molecular weight is 220 g/mol. The smallest absolute Gasteiger partial charge is 0.262 e. The van der Waals surface area contributed by atoms with Crippen LogP contribution in [0.5, 0.6) is 5.75 Å². The number of carbonyl (C=O) groups excluding carboxylic acids is 2. The summed E-state index contributed by atoms with van der Waals surface area (Å²) in [4.78, 5) is 23.3. The van der Waals surface area contributed by atoms with E-state index in [1.165, 1.54) is 0 Å². The highest BCUT2D eigenvalue weighted by atomic mass is 16.5. The number of nitrogens with zero attached hydrogens (tertiary/aromatic N) is 1. The Hall–Kier alpha value is -2.04. The Bertz CT molecular complexity index is 431. The van der Waals surface area contributed by atoms with Gasteiger partial charge >= 0.3 is 0 Å². The standard InChI is InChI=1S/C11H12N2O3/c1-13(4-5-14)8-2-3-10-9(6-8)12-11(15)7-16-10/h2-3,5-6H,4,7H2,1H3,(H,12,15). The van der Waals surface area contributed by atoms with E-state index in [2.05, 4.69) is 5.32 Å². The maximum Gasteiger partial charge on any atom is 0.262 e. The second-order valence-electron chi connectivity index (χ2n) is 3.56. The van der Waals surface area contributed by atoms with Gasteiger partial charge in [0.15, 0.2) is 6.61 Å². The van der Waals surface area contributed by atoms with Crippen molar-refractivity contribution in [1.82, 2.24) is 0 Å². The number of fused-ring (bicyclic) bond motifs is 1. The van der Waals surface area contributed by atoms with Gasteiger partial charge < -0.3 is 19.7 Å². The summed E-state index contributed by atoms with van der Waals surface area (Å²) in [5, 5.41) is 2.72. The summed E-state index contributed by atoms with van der Waals surface area (Å²) in [7, 11) is 1.81. The first-order valence-electron chi connectivity index (χ1n) is 4.92. The average Bonchev–Trinajstić information content (AvgIpc) is 2.28. The summed E-state index contributed by atoms with van der Waals surface area (Å²) >= 11 is 0. The van der Waals surface area contributed by atoms with E-state index >= 15 is 0 Å². The predicted octanol–water partition coefficient (Wildman–Crippen LogP) is 0.653. The molecule has 1 N–H and O–H groups in total. The number of rotatable bonds is 3. The maximum atomic E-state index is 11.1. The van der Waals surface area contributed by atoms with Crippen molar-refractivity contribution in [1.29, 1.82) is 0 Å². The molecule has 84 valence electrons. The van der Waals surface area contributed by atoms with Crippen LogP contribution in [0.15, 0.2) is 18.2 Å². The van der Waals surface area contributed by atoms with Crippen molar-refractivity contribution >= 4 is 23.6 Å².